The summed E-state index contributed by atoms with van der Waals surface area (Å²) >= 11 is 35.9. The topological polar surface area (TPSA) is 91.3 Å². The number of rotatable bonds is 4. The molecule has 2 rings (SSSR count). The molecule has 2 aromatic rings. The van der Waals surface area contributed by atoms with Crippen molar-refractivity contribution in [3.8, 4) is 0 Å². The number of benzene rings is 2. The predicted octanol–water partition coefficient (Wildman–Crippen LogP) is 7.14. The van der Waals surface area contributed by atoms with E-state index in [0.717, 1.165) is 18.2 Å². The van der Waals surface area contributed by atoms with E-state index >= 15 is 0 Å². The Morgan fingerprint density at radius 2 is 0.974 bits per heavy atom. The molecule has 0 aromatic heterocycles. The van der Waals surface area contributed by atoms with Crippen molar-refractivity contribution in [1.82, 2.24) is 0 Å². The fourth-order valence-electron chi connectivity index (χ4n) is 2.10. The molecule has 0 spiro atoms. The Morgan fingerprint density at radius 1 is 0.692 bits per heavy atom. The van der Waals surface area contributed by atoms with Gasteiger partial charge in [0.2, 0.25) is 9.05 Å². The molecule has 0 amide bonds. The van der Waals surface area contributed by atoms with Gasteiger partial charge in [0.1, 0.15) is 0 Å². The largest absolute Gasteiger partial charge is 1.00 e. The van der Waals surface area contributed by atoms with Gasteiger partial charge in [0.25, 0.3) is 0 Å². The van der Waals surface area contributed by atoms with Gasteiger partial charge < -0.3 is 4.55 Å². The van der Waals surface area contributed by atoms with Gasteiger partial charge in [-0.25, -0.2) is 16.8 Å². The Balaban J connectivity index is 0. The van der Waals surface area contributed by atoms with Gasteiger partial charge in [0.05, 0.1) is 32.8 Å². The zero-order valence-electron chi connectivity index (χ0n) is 18.5. The fraction of sp³-hybridized carbons (Fsp3) is 0.250. The molecular formula is C16H10Cl8F6NaO5PS2. The van der Waals surface area contributed by atoms with Gasteiger partial charge in [-0.3, -0.25) is 0 Å². The Kier molecular flexibility index (Phi) is 17.1. The minimum Gasteiger partial charge on any atom is -0.748 e. The van der Waals surface area contributed by atoms with E-state index in [1.807, 2.05) is 0 Å². The van der Waals surface area contributed by atoms with Crippen LogP contribution < -0.4 is 29.6 Å². The third-order valence-corrected chi connectivity index (χ3v) is 5.79. The van der Waals surface area contributed by atoms with Gasteiger partial charge >= 0.3 is 101 Å². The molecule has 23 heteroatoms. The van der Waals surface area contributed by atoms with Crippen LogP contribution in [0.3, 0.4) is 0 Å². The van der Waals surface area contributed by atoms with Gasteiger partial charge in [-0.05, 0) is 47.5 Å². The summed E-state index contributed by atoms with van der Waals surface area (Å²) in [4.78, 5) is 0. The van der Waals surface area contributed by atoms with Crippen molar-refractivity contribution >= 4 is 113 Å². The molecule has 0 saturated carbocycles. The molecule has 0 fully saturated rings. The van der Waals surface area contributed by atoms with Gasteiger partial charge in [0.15, 0.2) is 0 Å². The van der Waals surface area contributed by atoms with Crippen LogP contribution in [0.2, 0.25) is 10.0 Å². The molecule has 0 aliphatic rings. The summed E-state index contributed by atoms with van der Waals surface area (Å²) in [5, 5.41) is -0.260. The van der Waals surface area contributed by atoms with Crippen LogP contribution in [-0.2, 0) is 43.0 Å². The summed E-state index contributed by atoms with van der Waals surface area (Å²) in [6.45, 7) is 0. The first-order valence-corrected chi connectivity index (χ1v) is 20.2. The molecule has 0 aliphatic heterocycles. The zero-order valence-corrected chi connectivity index (χ0v) is 29.0. The average molecular weight is 798 g/mol. The summed E-state index contributed by atoms with van der Waals surface area (Å²) in [5.74, 6) is -1.80. The summed E-state index contributed by atoms with van der Waals surface area (Å²) in [5.41, 5.74) is -2.54. The number of hydrogen-bond donors (Lipinski definition) is 0. The average Bonchev–Trinajstić information content (AvgIpc) is 2.60. The van der Waals surface area contributed by atoms with E-state index in [-0.39, 0.29) is 50.7 Å². The Bertz CT molecular complexity index is 1240. The molecule has 0 bridgehead atoms. The maximum Gasteiger partial charge on any atom is 1.00 e. The SMILES string of the molecule is ClP(Cl)(Cl)(Cl)Cl.O=S(=O)(Cl)Cc1cc(C(F)(F)F)ccc1Cl.O=S(=O)([O-])Cc1cc(C(F)(F)F)ccc1Cl.[Na+]. The minimum atomic E-state index is -4.66. The summed E-state index contributed by atoms with van der Waals surface area (Å²) in [7, 11) is -3.67. The summed E-state index contributed by atoms with van der Waals surface area (Å²) < 4.78 is 123. The number of halogens is 14. The fourth-order valence-corrected chi connectivity index (χ4v) is 4.21. The van der Waals surface area contributed by atoms with E-state index in [9.17, 15) is 47.7 Å². The molecule has 0 unspecified atom stereocenters. The molecule has 0 radical (unpaired) electrons. The van der Waals surface area contributed by atoms with Crippen molar-refractivity contribution in [3.63, 3.8) is 0 Å². The first kappa shape index (κ1) is 42.8. The van der Waals surface area contributed by atoms with Crippen molar-refractivity contribution < 1.29 is 77.3 Å². The van der Waals surface area contributed by atoms with Gasteiger partial charge in [0, 0.05) is 20.7 Å². The number of hydrogen-bond acceptors (Lipinski definition) is 5. The molecule has 220 valence electrons. The third kappa shape index (κ3) is 22.8. The molecule has 0 heterocycles. The Hall–Kier alpha value is 1.63. The summed E-state index contributed by atoms with van der Waals surface area (Å²) in [6, 6.07) is 4.60. The van der Waals surface area contributed by atoms with Crippen LogP contribution >= 0.6 is 93.5 Å². The van der Waals surface area contributed by atoms with E-state index in [0.29, 0.717) is 18.2 Å². The van der Waals surface area contributed by atoms with Gasteiger partial charge in [-0.1, -0.05) is 23.2 Å². The quantitative estimate of drug-likeness (QED) is 0.108. The van der Waals surface area contributed by atoms with E-state index in [1.165, 1.54) is 0 Å². The van der Waals surface area contributed by atoms with Crippen LogP contribution in [0, 0.1) is 0 Å². The normalized spacial score (nSPS) is 13.5. The van der Waals surface area contributed by atoms with Crippen molar-refractivity contribution in [3.05, 3.63) is 68.7 Å². The zero-order chi connectivity index (χ0) is 30.6. The van der Waals surface area contributed by atoms with Crippen LogP contribution in [0.4, 0.5) is 26.3 Å². The van der Waals surface area contributed by atoms with Gasteiger partial charge in [-0.15, -0.1) is 0 Å². The second-order valence-electron chi connectivity index (χ2n) is 6.63. The molecule has 0 atom stereocenters. The Morgan fingerprint density at radius 3 is 1.21 bits per heavy atom. The maximum atomic E-state index is 12.3. The molecule has 0 saturated heterocycles. The molecule has 0 aliphatic carbocycles. The van der Waals surface area contributed by atoms with Crippen molar-refractivity contribution in [2.24, 2.45) is 0 Å². The maximum absolute atomic E-state index is 12.3. The first-order valence-electron chi connectivity index (χ1n) is 8.61. The molecular weight excluding hydrogens is 788 g/mol. The molecule has 0 N–H and O–H groups in total. The van der Waals surface area contributed by atoms with Crippen LogP contribution in [0.1, 0.15) is 22.3 Å². The molecule has 39 heavy (non-hydrogen) atoms. The summed E-state index contributed by atoms with van der Waals surface area (Å²) in [6.07, 6.45) is -9.15. The standard InChI is InChI=1S/C8H5Cl2F3O2S.C8H6ClF3O3S.Cl5P.Na/c9-7-2-1-6(8(11,12)13)3-5(7)4-16(10,14)15;9-7-2-1-6(8(10,11)12)3-5(7)4-16(13,14)15;1-6(2,3,4)5;/h1-3H,4H2;1-3H,4H2,(H,13,14,15);;/q;;;+1/p-1. The predicted molar refractivity (Wildman–Crippen MR) is 141 cm³/mol. The van der Waals surface area contributed by atoms with Crippen molar-refractivity contribution in [2.75, 3.05) is 0 Å². The van der Waals surface area contributed by atoms with E-state index in [4.69, 9.17) is 90.1 Å². The van der Waals surface area contributed by atoms with E-state index < -0.39 is 57.5 Å². The van der Waals surface area contributed by atoms with Crippen LogP contribution in [-0.4, -0.2) is 21.4 Å². The van der Waals surface area contributed by atoms with Crippen LogP contribution in [0.25, 0.3) is 0 Å². The van der Waals surface area contributed by atoms with E-state index in [2.05, 4.69) is 0 Å². The van der Waals surface area contributed by atoms with E-state index in [1.54, 1.807) is 0 Å². The van der Waals surface area contributed by atoms with Crippen molar-refractivity contribution in [2.45, 2.75) is 23.9 Å². The van der Waals surface area contributed by atoms with Crippen LogP contribution in [0.15, 0.2) is 36.4 Å². The Labute approximate surface area is 279 Å². The smallest absolute Gasteiger partial charge is 0.748 e. The monoisotopic (exact) mass is 794 g/mol. The second-order valence-corrected chi connectivity index (χ2v) is 28.2. The van der Waals surface area contributed by atoms with Crippen LogP contribution in [0.5, 0.6) is 0 Å². The van der Waals surface area contributed by atoms with Gasteiger partial charge in [-0.2, -0.15) is 26.3 Å². The number of alkyl halides is 6. The first-order chi connectivity index (χ1) is 16.4. The second kappa shape index (κ2) is 15.6. The molecule has 5 nitrogen and oxygen atoms in total. The van der Waals surface area contributed by atoms with Crippen molar-refractivity contribution in [1.29, 1.82) is 0 Å². The molecule has 2 aromatic carbocycles. The minimum absolute atomic E-state index is 0. The third-order valence-electron chi connectivity index (χ3n) is 3.41.